The minimum Gasteiger partial charge on any atom is -0.393 e. The van der Waals surface area contributed by atoms with Crippen molar-refractivity contribution in [3.8, 4) is 0 Å². The zero-order chi connectivity index (χ0) is 6.74. The first-order valence-corrected chi connectivity index (χ1v) is 3.20. The highest BCUT2D eigenvalue weighted by molar-refractivity contribution is 4.88. The van der Waals surface area contributed by atoms with Gasteiger partial charge in [0.25, 0.3) is 0 Å². The lowest BCUT2D eigenvalue weighted by atomic mass is 10.1. The van der Waals surface area contributed by atoms with Crippen molar-refractivity contribution in [2.24, 2.45) is 0 Å². The van der Waals surface area contributed by atoms with Gasteiger partial charge in [-0.3, -0.25) is 0 Å². The molecule has 1 saturated heterocycles. The van der Waals surface area contributed by atoms with Gasteiger partial charge >= 0.3 is 0 Å². The molecule has 1 unspecified atom stereocenters. The fraction of sp³-hybridized carbons (Fsp3) is 1.00. The van der Waals surface area contributed by atoms with Gasteiger partial charge in [-0.05, 0) is 13.0 Å². The molecule has 0 aliphatic carbocycles. The Kier molecular flexibility index (Phi) is 2.05. The van der Waals surface area contributed by atoms with Crippen LogP contribution in [0.3, 0.4) is 0 Å². The van der Waals surface area contributed by atoms with E-state index in [1.54, 1.807) is 7.11 Å². The number of methoxy groups -OCH3 is 1. The molecule has 3 nitrogen and oxygen atoms in total. The van der Waals surface area contributed by atoms with Gasteiger partial charge in [-0.25, -0.2) is 0 Å². The molecule has 1 aliphatic heterocycles. The molecule has 1 atom stereocenters. The van der Waals surface area contributed by atoms with Crippen LogP contribution in [0, 0.1) is 0 Å². The van der Waals surface area contributed by atoms with Gasteiger partial charge in [0, 0.05) is 13.7 Å². The molecule has 0 spiro atoms. The van der Waals surface area contributed by atoms with Gasteiger partial charge in [0.15, 0.2) is 0 Å². The van der Waals surface area contributed by atoms with E-state index >= 15 is 0 Å². The van der Waals surface area contributed by atoms with Crippen LogP contribution >= 0.6 is 0 Å². The molecule has 0 aromatic heterocycles. The zero-order valence-electron chi connectivity index (χ0n) is 5.68. The molecular weight excluding hydrogens is 118 g/mol. The van der Waals surface area contributed by atoms with Gasteiger partial charge in [0.1, 0.15) is 5.60 Å². The average Bonchev–Trinajstić information content (AvgIpc) is 2.36. The molecule has 1 rings (SSSR count). The molecule has 9 heavy (non-hydrogen) atoms. The third-order valence-corrected chi connectivity index (χ3v) is 1.93. The summed E-state index contributed by atoms with van der Waals surface area (Å²) in [5.74, 6) is 0. The van der Waals surface area contributed by atoms with E-state index in [9.17, 15) is 0 Å². The molecule has 3 heteroatoms. The Labute approximate surface area is 55.0 Å². The number of aliphatic hydroxyl groups excluding tert-OH is 1. The van der Waals surface area contributed by atoms with E-state index in [1.807, 2.05) is 0 Å². The summed E-state index contributed by atoms with van der Waals surface area (Å²) in [6, 6.07) is 0. The molecule has 0 aromatic carbocycles. The van der Waals surface area contributed by atoms with Crippen molar-refractivity contribution in [3.05, 3.63) is 0 Å². The molecule has 0 aromatic rings. The van der Waals surface area contributed by atoms with Gasteiger partial charge in [0.2, 0.25) is 0 Å². The third-order valence-electron chi connectivity index (χ3n) is 1.93. The summed E-state index contributed by atoms with van der Waals surface area (Å²) in [6.07, 6.45) is 0.917. The highest BCUT2D eigenvalue weighted by Crippen LogP contribution is 2.16. The fourth-order valence-corrected chi connectivity index (χ4v) is 1.09. The Morgan fingerprint density at radius 2 is 2.56 bits per heavy atom. The van der Waals surface area contributed by atoms with E-state index in [-0.39, 0.29) is 12.2 Å². The molecule has 1 heterocycles. The highest BCUT2D eigenvalue weighted by atomic mass is 16.5. The zero-order valence-corrected chi connectivity index (χ0v) is 5.68. The second kappa shape index (κ2) is 2.64. The minimum absolute atomic E-state index is 0.122. The maximum Gasteiger partial charge on any atom is 0.104 e. The quantitative estimate of drug-likeness (QED) is 0.523. The average molecular weight is 131 g/mol. The standard InChI is InChI=1S/C6H13NO2/c1-9-6(5-8)2-3-7-4-6/h7-8H,2-5H2,1H3. The van der Waals surface area contributed by atoms with Gasteiger partial charge < -0.3 is 15.2 Å². The number of ether oxygens (including phenoxy) is 1. The number of hydrogen-bond donors (Lipinski definition) is 2. The highest BCUT2D eigenvalue weighted by Gasteiger charge is 2.32. The number of aliphatic hydroxyl groups is 1. The van der Waals surface area contributed by atoms with Crippen molar-refractivity contribution in [2.75, 3.05) is 26.8 Å². The molecular formula is C6H13NO2. The molecule has 0 bridgehead atoms. The van der Waals surface area contributed by atoms with Crippen LogP contribution in [0.4, 0.5) is 0 Å². The van der Waals surface area contributed by atoms with Gasteiger partial charge in [-0.1, -0.05) is 0 Å². The Balaban J connectivity index is 2.45. The second-order valence-corrected chi connectivity index (χ2v) is 2.47. The summed E-state index contributed by atoms with van der Waals surface area (Å²) in [5, 5.41) is 12.0. The molecule has 2 N–H and O–H groups in total. The van der Waals surface area contributed by atoms with Crippen molar-refractivity contribution < 1.29 is 9.84 Å². The molecule has 0 amide bonds. The van der Waals surface area contributed by atoms with Crippen molar-refractivity contribution in [1.29, 1.82) is 0 Å². The maximum atomic E-state index is 8.85. The van der Waals surface area contributed by atoms with Gasteiger partial charge in [-0.2, -0.15) is 0 Å². The van der Waals surface area contributed by atoms with Gasteiger partial charge in [-0.15, -0.1) is 0 Å². The number of nitrogens with one attached hydrogen (secondary N) is 1. The Morgan fingerprint density at radius 3 is 2.78 bits per heavy atom. The first-order valence-electron chi connectivity index (χ1n) is 3.20. The van der Waals surface area contributed by atoms with Gasteiger partial charge in [0.05, 0.1) is 6.61 Å². The van der Waals surface area contributed by atoms with Crippen LogP contribution in [-0.2, 0) is 4.74 Å². The van der Waals surface area contributed by atoms with Crippen LogP contribution in [-0.4, -0.2) is 37.5 Å². The van der Waals surface area contributed by atoms with Crippen molar-refractivity contribution in [2.45, 2.75) is 12.0 Å². The lowest BCUT2D eigenvalue weighted by Crippen LogP contribution is -2.37. The van der Waals surface area contributed by atoms with Crippen LogP contribution in [0.25, 0.3) is 0 Å². The normalized spacial score (nSPS) is 35.3. The molecule has 1 fully saturated rings. The minimum atomic E-state index is -0.278. The van der Waals surface area contributed by atoms with Crippen molar-refractivity contribution >= 4 is 0 Å². The van der Waals surface area contributed by atoms with Crippen LogP contribution in [0.1, 0.15) is 6.42 Å². The molecule has 0 saturated carbocycles. The van der Waals surface area contributed by atoms with Crippen LogP contribution in [0.5, 0.6) is 0 Å². The molecule has 1 aliphatic rings. The van der Waals surface area contributed by atoms with Crippen molar-refractivity contribution in [3.63, 3.8) is 0 Å². The van der Waals surface area contributed by atoms with Crippen LogP contribution in [0.15, 0.2) is 0 Å². The monoisotopic (exact) mass is 131 g/mol. The summed E-state index contributed by atoms with van der Waals surface area (Å²) in [4.78, 5) is 0. The van der Waals surface area contributed by atoms with Crippen LogP contribution < -0.4 is 5.32 Å². The number of rotatable bonds is 2. The first-order chi connectivity index (χ1) is 4.33. The molecule has 0 radical (unpaired) electrons. The van der Waals surface area contributed by atoms with E-state index in [0.717, 1.165) is 19.5 Å². The Morgan fingerprint density at radius 1 is 1.78 bits per heavy atom. The lowest BCUT2D eigenvalue weighted by molar-refractivity contribution is -0.0358. The van der Waals surface area contributed by atoms with E-state index in [1.165, 1.54) is 0 Å². The predicted octanol–water partition coefficient (Wildman–Crippen LogP) is -0.643. The van der Waals surface area contributed by atoms with E-state index in [4.69, 9.17) is 9.84 Å². The summed E-state index contributed by atoms with van der Waals surface area (Å²) < 4.78 is 5.14. The van der Waals surface area contributed by atoms with Crippen molar-refractivity contribution in [1.82, 2.24) is 5.32 Å². The largest absolute Gasteiger partial charge is 0.393 e. The summed E-state index contributed by atoms with van der Waals surface area (Å²) >= 11 is 0. The lowest BCUT2D eigenvalue weighted by Gasteiger charge is -2.22. The first kappa shape index (κ1) is 6.99. The SMILES string of the molecule is COC1(CO)CCNC1. The maximum absolute atomic E-state index is 8.85. The van der Waals surface area contributed by atoms with Crippen LogP contribution in [0.2, 0.25) is 0 Å². The van der Waals surface area contributed by atoms with E-state index < -0.39 is 0 Å². The molecule has 54 valence electrons. The summed E-state index contributed by atoms with van der Waals surface area (Å²) in [7, 11) is 1.64. The third kappa shape index (κ3) is 1.23. The predicted molar refractivity (Wildman–Crippen MR) is 34.3 cm³/mol. The Hall–Kier alpha value is -0.120. The summed E-state index contributed by atoms with van der Waals surface area (Å²) in [5.41, 5.74) is -0.278. The second-order valence-electron chi connectivity index (χ2n) is 2.47. The topological polar surface area (TPSA) is 41.5 Å². The van der Waals surface area contributed by atoms with E-state index in [0.29, 0.717) is 0 Å². The number of hydrogen-bond acceptors (Lipinski definition) is 3. The smallest absolute Gasteiger partial charge is 0.104 e. The van der Waals surface area contributed by atoms with E-state index in [2.05, 4.69) is 5.32 Å². The fourth-order valence-electron chi connectivity index (χ4n) is 1.09. The summed E-state index contributed by atoms with van der Waals surface area (Å²) in [6.45, 7) is 1.85. The Bertz CT molecular complexity index is 83.1.